The summed E-state index contributed by atoms with van der Waals surface area (Å²) in [4.78, 5) is 10.0. The summed E-state index contributed by atoms with van der Waals surface area (Å²) in [6, 6.07) is 18.6. The number of carbonyl (C=O) groups is 1. The van der Waals surface area contributed by atoms with Crippen LogP contribution in [0.5, 0.6) is 0 Å². The molecule has 0 amide bonds. The monoisotopic (exact) mass is 303 g/mol. The van der Waals surface area contributed by atoms with Crippen LogP contribution in [0.3, 0.4) is 0 Å². The fourth-order valence-electron chi connectivity index (χ4n) is 2.14. The lowest BCUT2D eigenvalue weighted by Crippen LogP contribution is -2.03. The number of benzene rings is 2. The van der Waals surface area contributed by atoms with E-state index in [9.17, 15) is 4.79 Å². The van der Waals surface area contributed by atoms with Crippen molar-refractivity contribution in [2.75, 3.05) is 5.73 Å². The Bertz CT molecular complexity index is 620. The van der Waals surface area contributed by atoms with Crippen molar-refractivity contribution in [3.05, 3.63) is 103 Å². The van der Waals surface area contributed by atoms with Crippen molar-refractivity contribution in [3.8, 4) is 0 Å². The number of rotatable bonds is 1. The Balaban J connectivity index is 0.000000126. The fraction of sp³-hybridized carbons (Fsp3) is 0.0952. The minimum atomic E-state index is 0.611. The van der Waals surface area contributed by atoms with Crippen molar-refractivity contribution < 1.29 is 4.79 Å². The summed E-state index contributed by atoms with van der Waals surface area (Å²) >= 11 is 0. The average Bonchev–Trinajstić information content (AvgIpc) is 2.66. The van der Waals surface area contributed by atoms with E-state index in [0.717, 1.165) is 17.5 Å². The Morgan fingerprint density at radius 1 is 0.652 bits per heavy atom. The van der Waals surface area contributed by atoms with Crippen LogP contribution in [0.1, 0.15) is 10.4 Å². The van der Waals surface area contributed by atoms with Gasteiger partial charge in [0.2, 0.25) is 0 Å². The lowest BCUT2D eigenvalue weighted by atomic mass is 9.89. The number of nitrogens with two attached hydrogens (primary N) is 1. The van der Waals surface area contributed by atoms with Gasteiger partial charge in [-0.15, -0.1) is 0 Å². The molecule has 0 atom stereocenters. The van der Waals surface area contributed by atoms with Crippen LogP contribution in [0, 0.1) is 11.8 Å². The second-order valence-corrected chi connectivity index (χ2v) is 5.25. The van der Waals surface area contributed by atoms with Crippen LogP contribution in [-0.4, -0.2) is 6.29 Å². The van der Waals surface area contributed by atoms with Crippen LogP contribution in [-0.2, 0) is 0 Å². The Labute approximate surface area is 137 Å². The van der Waals surface area contributed by atoms with Crippen molar-refractivity contribution in [2.24, 2.45) is 11.8 Å². The van der Waals surface area contributed by atoms with Gasteiger partial charge in [0.05, 0.1) is 0 Å². The van der Waals surface area contributed by atoms with E-state index in [1.54, 1.807) is 12.1 Å². The summed E-state index contributed by atoms with van der Waals surface area (Å²) in [5.41, 5.74) is 6.91. The number of aldehydes is 1. The topological polar surface area (TPSA) is 43.1 Å². The molecule has 2 aromatic rings. The average molecular weight is 303 g/mol. The highest BCUT2D eigenvalue weighted by Crippen LogP contribution is 2.22. The molecule has 2 heteroatoms. The van der Waals surface area contributed by atoms with Crippen molar-refractivity contribution in [3.63, 3.8) is 0 Å². The Morgan fingerprint density at radius 3 is 1.26 bits per heavy atom. The van der Waals surface area contributed by atoms with E-state index in [0.29, 0.717) is 11.8 Å². The molecule has 2 N–H and O–H groups in total. The number of anilines is 1. The number of nitrogen functional groups attached to an aromatic ring is 1. The molecule has 0 fully saturated rings. The number of hydrogen-bond donors (Lipinski definition) is 1. The molecule has 0 aliphatic heterocycles. The lowest BCUT2D eigenvalue weighted by Gasteiger charge is -2.16. The van der Waals surface area contributed by atoms with Crippen LogP contribution >= 0.6 is 0 Å². The number of para-hydroxylation sites is 1. The summed E-state index contributed by atoms with van der Waals surface area (Å²) in [7, 11) is 0. The smallest absolute Gasteiger partial charge is 0.150 e. The first kappa shape index (κ1) is 16.5. The molecule has 3 aliphatic rings. The second kappa shape index (κ2) is 9.21. The molecule has 0 radical (unpaired) electrons. The first-order valence-corrected chi connectivity index (χ1v) is 7.63. The Kier molecular flexibility index (Phi) is 6.61. The lowest BCUT2D eigenvalue weighted by molar-refractivity contribution is 0.112. The predicted molar refractivity (Wildman–Crippen MR) is 97.1 cm³/mol. The summed E-state index contributed by atoms with van der Waals surface area (Å²) in [6.07, 6.45) is 14.3. The van der Waals surface area contributed by atoms with Gasteiger partial charge in [-0.2, -0.15) is 0 Å². The molecule has 23 heavy (non-hydrogen) atoms. The van der Waals surface area contributed by atoms with Crippen LogP contribution in [0.4, 0.5) is 5.69 Å². The maximum atomic E-state index is 10.0. The van der Waals surface area contributed by atoms with Gasteiger partial charge in [0, 0.05) is 23.1 Å². The molecule has 0 heterocycles. The first-order chi connectivity index (χ1) is 11.3. The van der Waals surface area contributed by atoms with Crippen LogP contribution < -0.4 is 5.73 Å². The van der Waals surface area contributed by atoms with Gasteiger partial charge in [-0.1, -0.05) is 85.0 Å². The quantitative estimate of drug-likeness (QED) is 0.472. The Hall–Kier alpha value is -2.87. The minimum Gasteiger partial charge on any atom is -0.399 e. The third-order valence-corrected chi connectivity index (χ3v) is 3.40. The summed E-state index contributed by atoms with van der Waals surface area (Å²) in [5.74, 6) is 1.22. The van der Waals surface area contributed by atoms with E-state index >= 15 is 0 Å². The van der Waals surface area contributed by atoms with Crippen LogP contribution in [0.25, 0.3) is 0 Å². The molecule has 0 aromatic heterocycles. The fourth-order valence-corrected chi connectivity index (χ4v) is 2.14. The SMILES string of the molecule is C1=CC2C=CC1C=C2.Nc1ccccc1.O=Cc1ccccc1. The highest BCUT2D eigenvalue weighted by molar-refractivity contribution is 5.74. The third kappa shape index (κ3) is 6.18. The molecule has 2 bridgehead atoms. The van der Waals surface area contributed by atoms with Gasteiger partial charge in [0.1, 0.15) is 6.29 Å². The highest BCUT2D eigenvalue weighted by atomic mass is 16.1. The summed E-state index contributed by atoms with van der Waals surface area (Å²) in [5, 5.41) is 0. The maximum absolute atomic E-state index is 10.0. The predicted octanol–water partition coefficient (Wildman–Crippen LogP) is 4.68. The van der Waals surface area contributed by atoms with E-state index in [1.807, 2.05) is 48.5 Å². The zero-order chi connectivity index (χ0) is 16.3. The van der Waals surface area contributed by atoms with Crippen molar-refractivity contribution in [1.29, 1.82) is 0 Å². The maximum Gasteiger partial charge on any atom is 0.150 e. The number of allylic oxidation sites excluding steroid dienone is 6. The van der Waals surface area contributed by atoms with Crippen molar-refractivity contribution >= 4 is 12.0 Å². The van der Waals surface area contributed by atoms with E-state index in [1.165, 1.54) is 0 Å². The standard InChI is InChI=1S/C8H8.C7H6O.C6H7N/c1-2-8-5-3-7(1)4-6-8;8-6-7-4-2-1-3-5-7;7-6-4-2-1-3-5-6/h1-8H;1-6H;1-5H,7H2. The number of hydrogen-bond acceptors (Lipinski definition) is 2. The molecule has 0 spiro atoms. The third-order valence-electron chi connectivity index (χ3n) is 3.40. The zero-order valence-electron chi connectivity index (χ0n) is 13.0. The Morgan fingerprint density at radius 2 is 1.04 bits per heavy atom. The molecule has 2 aromatic carbocycles. The van der Waals surface area contributed by atoms with E-state index in [-0.39, 0.29) is 0 Å². The first-order valence-electron chi connectivity index (χ1n) is 7.63. The second-order valence-electron chi connectivity index (χ2n) is 5.25. The van der Waals surface area contributed by atoms with Gasteiger partial charge < -0.3 is 5.73 Å². The van der Waals surface area contributed by atoms with E-state index in [4.69, 9.17) is 5.73 Å². The molecule has 0 saturated heterocycles. The summed E-state index contributed by atoms with van der Waals surface area (Å²) < 4.78 is 0. The zero-order valence-corrected chi connectivity index (χ0v) is 13.0. The molecule has 0 saturated carbocycles. The van der Waals surface area contributed by atoms with Crippen molar-refractivity contribution in [2.45, 2.75) is 0 Å². The highest BCUT2D eigenvalue weighted by Gasteiger charge is 2.09. The molecular formula is C21H21NO. The molecular weight excluding hydrogens is 282 g/mol. The largest absolute Gasteiger partial charge is 0.399 e. The van der Waals surface area contributed by atoms with Gasteiger partial charge in [-0.25, -0.2) is 0 Å². The van der Waals surface area contributed by atoms with Gasteiger partial charge in [-0.3, -0.25) is 4.79 Å². The van der Waals surface area contributed by atoms with Gasteiger partial charge in [-0.05, 0) is 12.1 Å². The molecule has 116 valence electrons. The van der Waals surface area contributed by atoms with Gasteiger partial charge >= 0.3 is 0 Å². The van der Waals surface area contributed by atoms with Crippen LogP contribution in [0.2, 0.25) is 0 Å². The normalized spacial score (nSPS) is 19.1. The minimum absolute atomic E-state index is 0.611. The van der Waals surface area contributed by atoms with Gasteiger partial charge in [0.15, 0.2) is 0 Å². The van der Waals surface area contributed by atoms with E-state index < -0.39 is 0 Å². The molecule has 5 rings (SSSR count). The van der Waals surface area contributed by atoms with Crippen LogP contribution in [0.15, 0.2) is 97.1 Å². The van der Waals surface area contributed by atoms with Gasteiger partial charge in [0.25, 0.3) is 0 Å². The van der Waals surface area contributed by atoms with Crippen molar-refractivity contribution in [1.82, 2.24) is 0 Å². The molecule has 2 nitrogen and oxygen atoms in total. The molecule has 0 unspecified atom stereocenters. The number of carbonyl (C=O) groups excluding carboxylic acids is 1. The summed E-state index contributed by atoms with van der Waals surface area (Å²) in [6.45, 7) is 0. The van der Waals surface area contributed by atoms with E-state index in [2.05, 4.69) is 36.5 Å². The molecule has 3 aliphatic carbocycles.